The number of piperidine rings is 1. The summed E-state index contributed by atoms with van der Waals surface area (Å²) in [6.07, 6.45) is 1.31. The third-order valence-electron chi connectivity index (χ3n) is 6.55. The molecule has 0 unspecified atom stereocenters. The number of hydrogen-bond donors (Lipinski definition) is 1. The second-order valence-corrected chi connectivity index (χ2v) is 9.46. The van der Waals surface area contributed by atoms with Crippen molar-refractivity contribution in [3.63, 3.8) is 0 Å². The molecule has 162 valence electrons. The van der Waals surface area contributed by atoms with Crippen LogP contribution in [0, 0.1) is 11.8 Å². The molecule has 1 fully saturated rings. The van der Waals surface area contributed by atoms with E-state index in [1.165, 1.54) is 6.42 Å². The van der Waals surface area contributed by atoms with Gasteiger partial charge >= 0.3 is 0 Å². The van der Waals surface area contributed by atoms with Crippen molar-refractivity contribution in [3.05, 3.63) is 41.5 Å². The predicted octanol–water partition coefficient (Wildman–Crippen LogP) is 4.50. The number of hydrogen-bond acceptors (Lipinski definition) is 6. The molecule has 2 aromatic carbocycles. The molecule has 0 radical (unpaired) electrons. The Bertz CT molecular complexity index is 1140. The Kier molecular flexibility index (Phi) is 4.97. The molecule has 6 nitrogen and oxygen atoms in total. The highest BCUT2D eigenvalue weighted by Gasteiger charge is 2.33. The van der Waals surface area contributed by atoms with E-state index >= 15 is 0 Å². The van der Waals surface area contributed by atoms with E-state index in [0.29, 0.717) is 16.9 Å². The van der Waals surface area contributed by atoms with Gasteiger partial charge in [0.2, 0.25) is 0 Å². The third-order valence-corrected chi connectivity index (χ3v) is 6.55. The van der Waals surface area contributed by atoms with Crippen LogP contribution in [0.25, 0.3) is 22.2 Å². The number of likely N-dealkylation sites (tertiary alicyclic amines) is 1. The highest BCUT2D eigenvalue weighted by Crippen LogP contribution is 2.45. The Labute approximate surface area is 183 Å². The summed E-state index contributed by atoms with van der Waals surface area (Å²) in [7, 11) is 3.98. The molecule has 0 bridgehead atoms. The van der Waals surface area contributed by atoms with E-state index in [9.17, 15) is 4.79 Å². The van der Waals surface area contributed by atoms with Crippen LogP contribution in [0.5, 0.6) is 0 Å². The first kappa shape index (κ1) is 20.1. The summed E-state index contributed by atoms with van der Waals surface area (Å²) in [5.74, 6) is 2.19. The van der Waals surface area contributed by atoms with Gasteiger partial charge in [0, 0.05) is 57.1 Å². The minimum atomic E-state index is 0.0318. The fourth-order valence-corrected chi connectivity index (χ4v) is 5.35. The van der Waals surface area contributed by atoms with E-state index in [4.69, 9.17) is 4.52 Å². The summed E-state index contributed by atoms with van der Waals surface area (Å²) >= 11 is 0. The summed E-state index contributed by atoms with van der Waals surface area (Å²) in [4.78, 5) is 18.1. The quantitative estimate of drug-likeness (QED) is 0.515. The van der Waals surface area contributed by atoms with Crippen molar-refractivity contribution >= 4 is 28.1 Å². The Morgan fingerprint density at radius 2 is 1.87 bits per heavy atom. The van der Waals surface area contributed by atoms with Gasteiger partial charge in [-0.1, -0.05) is 43.3 Å². The van der Waals surface area contributed by atoms with Crippen molar-refractivity contribution in [2.45, 2.75) is 20.3 Å². The van der Waals surface area contributed by atoms with Gasteiger partial charge in [-0.05, 0) is 24.3 Å². The van der Waals surface area contributed by atoms with E-state index in [2.05, 4.69) is 29.2 Å². The molecular formula is C25H30N4O2. The number of nitrogens with one attached hydrogen (secondary N) is 1. The average Bonchev–Trinajstić information content (AvgIpc) is 3.16. The second kappa shape index (κ2) is 7.68. The zero-order chi connectivity index (χ0) is 21.7. The monoisotopic (exact) mass is 418 g/mol. The standard InChI is InChI=1S/C25H30N4O2/c1-15-11-16(2)14-29(13-15)10-9-26-19-12-20(28(3)4)23-22-21(19)24(30)17-7-5-6-8-18(17)25(22)31-27-23/h5-8,12,15-16,26H,9-11,13-14H2,1-4H3/t15-,16-/m1/s1. The molecule has 6 heteroatoms. The lowest BCUT2D eigenvalue weighted by Gasteiger charge is -2.35. The van der Waals surface area contributed by atoms with Gasteiger partial charge in [0.15, 0.2) is 11.5 Å². The van der Waals surface area contributed by atoms with Gasteiger partial charge in [0.1, 0.15) is 5.52 Å². The van der Waals surface area contributed by atoms with Gasteiger partial charge in [-0.2, -0.15) is 0 Å². The molecule has 2 heterocycles. The summed E-state index contributed by atoms with van der Waals surface area (Å²) in [6, 6.07) is 9.67. The van der Waals surface area contributed by atoms with E-state index in [1.807, 2.05) is 49.3 Å². The first-order valence-corrected chi connectivity index (χ1v) is 11.2. The molecule has 0 amide bonds. The zero-order valence-corrected chi connectivity index (χ0v) is 18.7. The van der Waals surface area contributed by atoms with Crippen LogP contribution in [-0.4, -0.2) is 56.1 Å². The normalized spacial score (nSPS) is 20.7. The molecule has 1 aliphatic heterocycles. The Balaban J connectivity index is 1.52. The molecule has 0 spiro atoms. The second-order valence-electron chi connectivity index (χ2n) is 9.46. The van der Waals surface area contributed by atoms with Crippen molar-refractivity contribution in [1.82, 2.24) is 10.1 Å². The first-order chi connectivity index (χ1) is 14.9. The maximum atomic E-state index is 13.5. The fraction of sp³-hybridized carbons (Fsp3) is 0.440. The number of benzene rings is 2. The summed E-state index contributed by atoms with van der Waals surface area (Å²) in [5.41, 5.74) is 4.72. The van der Waals surface area contributed by atoms with Crippen LogP contribution in [0.3, 0.4) is 0 Å². The van der Waals surface area contributed by atoms with Crippen LogP contribution >= 0.6 is 0 Å². The van der Waals surface area contributed by atoms with E-state index in [-0.39, 0.29) is 5.78 Å². The van der Waals surface area contributed by atoms with Crippen LogP contribution in [0.2, 0.25) is 0 Å². The SMILES string of the molecule is C[C@@H]1C[C@@H](C)CN(CCNc2cc(N(C)C)c3noc4c3c2C(=O)c2ccccc2-4)C1. The van der Waals surface area contributed by atoms with Gasteiger partial charge in [-0.15, -0.1) is 0 Å². The van der Waals surface area contributed by atoms with E-state index < -0.39 is 0 Å². The summed E-state index contributed by atoms with van der Waals surface area (Å²) in [5, 5.41) is 8.75. The highest BCUT2D eigenvalue weighted by atomic mass is 16.5. The fourth-order valence-electron chi connectivity index (χ4n) is 5.35. The number of ketones is 1. The lowest BCUT2D eigenvalue weighted by atomic mass is 9.86. The lowest BCUT2D eigenvalue weighted by molar-refractivity contribution is 0.104. The number of aromatic nitrogens is 1. The number of rotatable bonds is 5. The molecule has 5 rings (SSSR count). The molecule has 2 aliphatic rings. The predicted molar refractivity (Wildman–Crippen MR) is 125 cm³/mol. The maximum absolute atomic E-state index is 13.5. The first-order valence-electron chi connectivity index (χ1n) is 11.2. The molecule has 0 saturated carbocycles. The topological polar surface area (TPSA) is 61.6 Å². The van der Waals surface area contributed by atoms with Gasteiger partial charge in [-0.25, -0.2) is 0 Å². The molecule has 3 aromatic rings. The van der Waals surface area contributed by atoms with Crippen molar-refractivity contribution in [2.24, 2.45) is 11.8 Å². The zero-order valence-electron chi connectivity index (χ0n) is 18.7. The molecule has 1 aliphatic carbocycles. The number of carbonyl (C=O) groups excluding carboxylic acids is 1. The Hall–Kier alpha value is -2.86. The minimum absolute atomic E-state index is 0.0318. The highest BCUT2D eigenvalue weighted by molar-refractivity contribution is 6.28. The molecule has 2 atom stereocenters. The molecule has 1 aromatic heterocycles. The summed E-state index contributed by atoms with van der Waals surface area (Å²) < 4.78 is 5.78. The molecule has 31 heavy (non-hydrogen) atoms. The van der Waals surface area contributed by atoms with Crippen molar-refractivity contribution in [3.8, 4) is 11.3 Å². The summed E-state index contributed by atoms with van der Waals surface area (Å²) in [6.45, 7) is 8.71. The number of anilines is 2. The molecule has 1 saturated heterocycles. The van der Waals surface area contributed by atoms with Gasteiger partial charge in [-0.3, -0.25) is 4.79 Å². The van der Waals surface area contributed by atoms with Crippen LogP contribution in [0.4, 0.5) is 11.4 Å². The van der Waals surface area contributed by atoms with Crippen molar-refractivity contribution in [2.75, 3.05) is 50.5 Å². The lowest BCUT2D eigenvalue weighted by Crippen LogP contribution is -2.41. The largest absolute Gasteiger partial charge is 0.383 e. The number of nitrogens with zero attached hydrogens (tertiary/aromatic N) is 3. The van der Waals surface area contributed by atoms with E-state index in [1.54, 1.807) is 0 Å². The third kappa shape index (κ3) is 3.39. The Morgan fingerprint density at radius 1 is 1.16 bits per heavy atom. The van der Waals surface area contributed by atoms with E-state index in [0.717, 1.165) is 65.9 Å². The average molecular weight is 419 g/mol. The smallest absolute Gasteiger partial charge is 0.196 e. The van der Waals surface area contributed by atoms with Crippen LogP contribution in [-0.2, 0) is 0 Å². The van der Waals surface area contributed by atoms with Gasteiger partial charge < -0.3 is 19.6 Å². The number of fused-ring (bicyclic) bond motifs is 2. The van der Waals surface area contributed by atoms with Crippen LogP contribution < -0.4 is 10.2 Å². The molecular weight excluding hydrogens is 388 g/mol. The van der Waals surface area contributed by atoms with Gasteiger partial charge in [0.25, 0.3) is 0 Å². The Morgan fingerprint density at radius 3 is 2.58 bits per heavy atom. The minimum Gasteiger partial charge on any atom is -0.383 e. The van der Waals surface area contributed by atoms with Gasteiger partial charge in [0.05, 0.1) is 16.6 Å². The maximum Gasteiger partial charge on any atom is 0.196 e. The van der Waals surface area contributed by atoms with Crippen molar-refractivity contribution in [1.29, 1.82) is 0 Å². The van der Waals surface area contributed by atoms with Crippen molar-refractivity contribution < 1.29 is 9.32 Å². The van der Waals surface area contributed by atoms with Crippen LogP contribution in [0.1, 0.15) is 36.2 Å². The number of carbonyl (C=O) groups is 1. The molecule has 1 N–H and O–H groups in total. The van der Waals surface area contributed by atoms with Crippen LogP contribution in [0.15, 0.2) is 34.9 Å².